The highest BCUT2D eigenvalue weighted by Gasteiger charge is 2.14. The minimum atomic E-state index is -3.66. The fraction of sp³-hybridized carbons (Fsp3) is 0.143. The molecule has 106 valence electrons. The fourth-order valence-corrected chi connectivity index (χ4v) is 2.86. The highest BCUT2D eigenvalue weighted by Crippen LogP contribution is 2.27. The average Bonchev–Trinajstić information content (AvgIpc) is 2.42. The molecule has 3 nitrogen and oxygen atoms in total. The molecule has 2 aromatic carbocycles. The van der Waals surface area contributed by atoms with Crippen molar-refractivity contribution in [3.05, 3.63) is 64.1 Å². The molecule has 0 atom stereocenters. The number of halogens is 2. The number of aryl methyl sites for hydroxylation is 1. The van der Waals surface area contributed by atoms with E-state index in [1.807, 2.05) is 30.3 Å². The van der Waals surface area contributed by atoms with Gasteiger partial charge in [0.05, 0.1) is 15.8 Å². The van der Waals surface area contributed by atoms with Gasteiger partial charge in [0.2, 0.25) is 0 Å². The van der Waals surface area contributed by atoms with Crippen molar-refractivity contribution in [3.63, 3.8) is 0 Å². The van der Waals surface area contributed by atoms with E-state index in [1.54, 1.807) is 0 Å². The maximum Gasteiger partial charge on any atom is 0.309 e. The summed E-state index contributed by atoms with van der Waals surface area (Å²) in [4.78, 5) is 0. The lowest BCUT2D eigenvalue weighted by molar-refractivity contribution is 0.485. The van der Waals surface area contributed by atoms with E-state index in [0.717, 1.165) is 5.56 Å². The maximum absolute atomic E-state index is 11.9. The molecule has 0 aliphatic rings. The first-order valence-electron chi connectivity index (χ1n) is 5.87. The van der Waals surface area contributed by atoms with Gasteiger partial charge < -0.3 is 4.18 Å². The van der Waals surface area contributed by atoms with Gasteiger partial charge in [-0.3, -0.25) is 0 Å². The van der Waals surface area contributed by atoms with Crippen LogP contribution in [-0.4, -0.2) is 14.2 Å². The lowest BCUT2D eigenvalue weighted by atomic mass is 10.2. The van der Waals surface area contributed by atoms with Crippen LogP contribution in [0, 0.1) is 0 Å². The summed E-state index contributed by atoms with van der Waals surface area (Å²) in [7, 11) is -3.66. The van der Waals surface area contributed by atoms with Crippen LogP contribution in [0.1, 0.15) is 5.56 Å². The molecule has 0 fully saturated rings. The Morgan fingerprint density at radius 2 is 1.65 bits per heavy atom. The Bertz CT molecular complexity index is 685. The molecule has 0 heterocycles. The summed E-state index contributed by atoms with van der Waals surface area (Å²) in [6.45, 7) is 0. The van der Waals surface area contributed by atoms with Gasteiger partial charge in [-0.15, -0.1) is 0 Å². The third-order valence-electron chi connectivity index (χ3n) is 2.60. The predicted molar refractivity (Wildman–Crippen MR) is 81.0 cm³/mol. The van der Waals surface area contributed by atoms with Crippen LogP contribution in [0.15, 0.2) is 48.5 Å². The lowest BCUT2D eigenvalue weighted by Crippen LogP contribution is -2.15. The minimum Gasteiger partial charge on any atom is -0.382 e. The van der Waals surface area contributed by atoms with Crippen molar-refractivity contribution in [1.82, 2.24) is 0 Å². The third-order valence-corrected chi connectivity index (χ3v) is 4.49. The molecule has 0 spiro atoms. The van der Waals surface area contributed by atoms with E-state index < -0.39 is 10.1 Å². The molecular weight excluding hydrogens is 319 g/mol. The zero-order valence-electron chi connectivity index (χ0n) is 10.4. The Balaban J connectivity index is 2.02. The average molecular weight is 331 g/mol. The summed E-state index contributed by atoms with van der Waals surface area (Å²) in [5.41, 5.74) is 0.939. The predicted octanol–water partition coefficient (Wildman–Crippen LogP) is 3.94. The van der Waals surface area contributed by atoms with Crippen LogP contribution in [0.3, 0.4) is 0 Å². The molecule has 0 aromatic heterocycles. The third kappa shape index (κ3) is 4.40. The molecule has 0 bridgehead atoms. The van der Waals surface area contributed by atoms with Gasteiger partial charge in [0.15, 0.2) is 0 Å². The van der Waals surface area contributed by atoms with Crippen molar-refractivity contribution in [2.75, 3.05) is 5.75 Å². The van der Waals surface area contributed by atoms with Crippen LogP contribution >= 0.6 is 23.2 Å². The Hall–Kier alpha value is -1.23. The largest absolute Gasteiger partial charge is 0.382 e. The standard InChI is InChI=1S/C14H12Cl2O3S/c15-13-7-6-12(10-14(13)16)19-20(17,18)9-8-11-4-2-1-3-5-11/h1-7,10H,8-9H2. The van der Waals surface area contributed by atoms with Gasteiger partial charge in [0.1, 0.15) is 5.75 Å². The molecule has 0 saturated heterocycles. The summed E-state index contributed by atoms with van der Waals surface area (Å²) < 4.78 is 28.7. The molecule has 0 aliphatic heterocycles. The number of hydrogen-bond donors (Lipinski definition) is 0. The van der Waals surface area contributed by atoms with Crippen LogP contribution < -0.4 is 4.18 Å². The summed E-state index contributed by atoms with van der Waals surface area (Å²) in [6, 6.07) is 13.7. The quantitative estimate of drug-likeness (QED) is 0.780. The second-order valence-corrected chi connectivity index (χ2v) is 6.66. The van der Waals surface area contributed by atoms with Crippen LogP contribution in [0.2, 0.25) is 10.0 Å². The zero-order chi connectivity index (χ0) is 14.6. The van der Waals surface area contributed by atoms with Gasteiger partial charge in [-0.25, -0.2) is 0 Å². The van der Waals surface area contributed by atoms with Crippen LogP contribution in [0.5, 0.6) is 5.75 Å². The molecule has 2 rings (SSSR count). The number of rotatable bonds is 5. The molecule has 0 radical (unpaired) electrons. The summed E-state index contributed by atoms with van der Waals surface area (Å²) >= 11 is 11.6. The molecule has 2 aromatic rings. The monoisotopic (exact) mass is 330 g/mol. The Labute approximate surface area is 128 Å². The van der Waals surface area contributed by atoms with Crippen molar-refractivity contribution in [1.29, 1.82) is 0 Å². The normalized spacial score (nSPS) is 11.3. The van der Waals surface area contributed by atoms with E-state index in [0.29, 0.717) is 11.4 Å². The smallest absolute Gasteiger partial charge is 0.309 e. The maximum atomic E-state index is 11.9. The summed E-state index contributed by atoms with van der Waals surface area (Å²) in [6.07, 6.45) is 0.393. The highest BCUT2D eigenvalue weighted by molar-refractivity contribution is 7.87. The summed E-state index contributed by atoms with van der Waals surface area (Å²) in [5.74, 6) is 0.0597. The van der Waals surface area contributed by atoms with Gasteiger partial charge in [0.25, 0.3) is 0 Å². The van der Waals surface area contributed by atoms with Gasteiger partial charge in [-0.2, -0.15) is 8.42 Å². The van der Waals surface area contributed by atoms with Crippen LogP contribution in [-0.2, 0) is 16.5 Å². The second-order valence-electron chi connectivity index (χ2n) is 4.16. The molecule has 0 N–H and O–H groups in total. The molecule has 6 heteroatoms. The van der Waals surface area contributed by atoms with Gasteiger partial charge in [0, 0.05) is 6.07 Å². The molecule has 20 heavy (non-hydrogen) atoms. The topological polar surface area (TPSA) is 43.4 Å². The Morgan fingerprint density at radius 3 is 2.30 bits per heavy atom. The first-order chi connectivity index (χ1) is 9.46. The van der Waals surface area contributed by atoms with Crippen molar-refractivity contribution in [2.24, 2.45) is 0 Å². The molecular formula is C14H12Cl2O3S. The van der Waals surface area contributed by atoms with E-state index in [-0.39, 0.29) is 16.5 Å². The van der Waals surface area contributed by atoms with Crippen LogP contribution in [0.4, 0.5) is 0 Å². The second kappa shape index (κ2) is 6.48. The van der Waals surface area contributed by atoms with E-state index in [9.17, 15) is 8.42 Å². The van der Waals surface area contributed by atoms with E-state index in [2.05, 4.69) is 0 Å². The Morgan fingerprint density at radius 1 is 0.950 bits per heavy atom. The molecule has 0 saturated carbocycles. The Kier molecular flexibility index (Phi) is 4.91. The van der Waals surface area contributed by atoms with E-state index >= 15 is 0 Å². The highest BCUT2D eigenvalue weighted by atomic mass is 35.5. The molecule has 0 unspecified atom stereocenters. The first-order valence-corrected chi connectivity index (χ1v) is 8.21. The summed E-state index contributed by atoms with van der Waals surface area (Å²) in [5, 5.41) is 0.600. The molecule has 0 amide bonds. The zero-order valence-corrected chi connectivity index (χ0v) is 12.8. The van der Waals surface area contributed by atoms with E-state index in [1.165, 1.54) is 18.2 Å². The SMILES string of the molecule is O=S(=O)(CCc1ccccc1)Oc1ccc(Cl)c(Cl)c1. The van der Waals surface area contributed by atoms with Gasteiger partial charge >= 0.3 is 10.1 Å². The van der Waals surface area contributed by atoms with Crippen LogP contribution in [0.25, 0.3) is 0 Å². The minimum absolute atomic E-state index is 0.0999. The molecule has 0 aliphatic carbocycles. The van der Waals surface area contributed by atoms with Crippen molar-refractivity contribution >= 4 is 33.3 Å². The van der Waals surface area contributed by atoms with E-state index in [4.69, 9.17) is 27.4 Å². The lowest BCUT2D eigenvalue weighted by Gasteiger charge is -2.07. The number of benzene rings is 2. The fourth-order valence-electron chi connectivity index (χ4n) is 1.60. The van der Waals surface area contributed by atoms with Gasteiger partial charge in [-0.1, -0.05) is 53.5 Å². The number of hydrogen-bond acceptors (Lipinski definition) is 3. The van der Waals surface area contributed by atoms with Gasteiger partial charge in [-0.05, 0) is 24.1 Å². The van der Waals surface area contributed by atoms with Crippen molar-refractivity contribution < 1.29 is 12.6 Å². The van der Waals surface area contributed by atoms with Crippen molar-refractivity contribution in [2.45, 2.75) is 6.42 Å². The first kappa shape index (κ1) is 15.2. The van der Waals surface area contributed by atoms with Crippen molar-refractivity contribution in [3.8, 4) is 5.75 Å².